The first-order chi connectivity index (χ1) is 30.6. The summed E-state index contributed by atoms with van der Waals surface area (Å²) in [6, 6.07) is 54.1. The van der Waals surface area contributed by atoms with E-state index < -0.39 is 0 Å². The van der Waals surface area contributed by atoms with Crippen molar-refractivity contribution in [3.05, 3.63) is 199 Å². The molecule has 5 aliphatic carbocycles. The summed E-state index contributed by atoms with van der Waals surface area (Å²) in [5, 5.41) is 2.37. The van der Waals surface area contributed by atoms with E-state index in [-0.39, 0.29) is 35.6 Å². The lowest BCUT2D eigenvalue weighted by molar-refractivity contribution is -0.0399. The van der Waals surface area contributed by atoms with Crippen LogP contribution in [0.25, 0.3) is 55.3 Å². The minimum absolute atomic E-state index is 0.137. The molecule has 4 fully saturated rings. The number of benzene rings is 8. The maximum absolute atomic E-state index is 8.85. The van der Waals surface area contributed by atoms with Crippen LogP contribution in [0.3, 0.4) is 0 Å². The van der Waals surface area contributed by atoms with E-state index in [1.54, 1.807) is 0 Å². The molecule has 4 bridgehead atoms. The highest BCUT2D eigenvalue weighted by molar-refractivity contribution is 5.93. The van der Waals surface area contributed by atoms with Gasteiger partial charge in [-0.05, 0) is 184 Å². The first-order valence-corrected chi connectivity index (χ1v) is 21.1. The van der Waals surface area contributed by atoms with Crippen molar-refractivity contribution in [3.8, 4) is 44.5 Å². The van der Waals surface area contributed by atoms with Gasteiger partial charge in [-0.2, -0.15) is 0 Å². The van der Waals surface area contributed by atoms with Gasteiger partial charge in [0.05, 0.1) is 6.85 Å². The third-order valence-corrected chi connectivity index (χ3v) is 14.4. The van der Waals surface area contributed by atoms with Gasteiger partial charge in [-0.1, -0.05) is 133 Å². The number of fused-ring (bicyclic) bond motifs is 4. The standard InChI is InChI=1S/C57H47N/c1-37-12-21-50(22-13-37)58(51-23-16-42(17-24-51)40-8-4-2-5-9-40)52-25-18-44-33-43(14-15-45(44)34-52)47-20-27-54-53-26-19-46(41-10-6-3-7-11-41)35-55(53)57(56(54)36-47)48-29-38-28-39(31-48)32-49(57)30-38/h2-27,33-36,38-39,48-49H,28-32H2,1H3/i3D,6D,7D,10D,11D. The third-order valence-electron chi connectivity index (χ3n) is 14.4. The fourth-order valence-corrected chi connectivity index (χ4v) is 12.1. The molecular formula is C57H47N. The molecule has 0 N–H and O–H groups in total. The lowest BCUT2D eigenvalue weighted by atomic mass is 9.43. The maximum atomic E-state index is 8.85. The molecule has 0 heterocycles. The molecular weight excluding hydrogens is 699 g/mol. The summed E-state index contributed by atoms with van der Waals surface area (Å²) in [4.78, 5) is 2.34. The molecule has 1 heteroatoms. The molecule has 5 aliphatic rings. The van der Waals surface area contributed by atoms with Gasteiger partial charge >= 0.3 is 0 Å². The lowest BCUT2D eigenvalue weighted by Gasteiger charge is -2.61. The van der Waals surface area contributed by atoms with Crippen LogP contribution in [0, 0.1) is 30.6 Å². The molecule has 0 unspecified atom stereocenters. The first-order valence-electron chi connectivity index (χ1n) is 23.6. The van der Waals surface area contributed by atoms with Crippen molar-refractivity contribution in [2.45, 2.75) is 44.4 Å². The van der Waals surface area contributed by atoms with Crippen LogP contribution in [-0.2, 0) is 5.41 Å². The van der Waals surface area contributed by atoms with Crippen molar-refractivity contribution in [2.24, 2.45) is 23.7 Å². The van der Waals surface area contributed by atoms with E-state index in [0.717, 1.165) is 28.9 Å². The minimum Gasteiger partial charge on any atom is -0.310 e. The minimum atomic E-state index is -0.351. The molecule has 8 aromatic carbocycles. The quantitative estimate of drug-likeness (QED) is 0.164. The fourth-order valence-electron chi connectivity index (χ4n) is 12.1. The van der Waals surface area contributed by atoms with E-state index in [1.165, 1.54) is 92.9 Å². The first kappa shape index (κ1) is 29.1. The molecule has 0 aliphatic heterocycles. The van der Waals surface area contributed by atoms with Gasteiger partial charge in [0, 0.05) is 22.5 Å². The molecule has 13 rings (SSSR count). The fraction of sp³-hybridized carbons (Fsp3) is 0.193. The number of anilines is 3. The van der Waals surface area contributed by atoms with Crippen molar-refractivity contribution >= 4 is 27.8 Å². The van der Waals surface area contributed by atoms with Crippen molar-refractivity contribution in [3.63, 3.8) is 0 Å². The zero-order valence-electron chi connectivity index (χ0n) is 37.7. The Morgan fingerprint density at radius 1 is 0.448 bits per heavy atom. The highest BCUT2D eigenvalue weighted by Gasteiger charge is 2.61. The highest BCUT2D eigenvalue weighted by atomic mass is 15.1. The van der Waals surface area contributed by atoms with Crippen molar-refractivity contribution in [1.82, 2.24) is 0 Å². The number of aryl methyl sites for hydroxylation is 1. The van der Waals surface area contributed by atoms with Gasteiger partial charge in [-0.25, -0.2) is 0 Å². The largest absolute Gasteiger partial charge is 0.310 e. The highest BCUT2D eigenvalue weighted by Crippen LogP contribution is 2.69. The lowest BCUT2D eigenvalue weighted by Crippen LogP contribution is -2.55. The summed E-state index contributed by atoms with van der Waals surface area (Å²) in [7, 11) is 0. The Morgan fingerprint density at radius 2 is 0.948 bits per heavy atom. The number of rotatable bonds is 6. The van der Waals surface area contributed by atoms with Crippen molar-refractivity contribution in [1.29, 1.82) is 0 Å². The zero-order valence-corrected chi connectivity index (χ0v) is 32.7. The predicted molar refractivity (Wildman–Crippen MR) is 243 cm³/mol. The second-order valence-electron chi connectivity index (χ2n) is 17.5. The van der Waals surface area contributed by atoms with Crippen LogP contribution < -0.4 is 4.90 Å². The van der Waals surface area contributed by atoms with Crippen molar-refractivity contribution in [2.75, 3.05) is 4.90 Å². The molecule has 1 spiro atoms. The topological polar surface area (TPSA) is 3.24 Å². The molecule has 4 saturated carbocycles. The predicted octanol–water partition coefficient (Wildman–Crippen LogP) is 15.3. The van der Waals surface area contributed by atoms with Crippen LogP contribution in [0.1, 0.15) is 55.6 Å². The van der Waals surface area contributed by atoms with E-state index in [2.05, 4.69) is 157 Å². The Bertz CT molecular complexity index is 3080. The van der Waals surface area contributed by atoms with Gasteiger partial charge in [0.25, 0.3) is 0 Å². The zero-order chi connectivity index (χ0) is 42.7. The van der Waals surface area contributed by atoms with Gasteiger partial charge in [0.2, 0.25) is 0 Å². The summed E-state index contributed by atoms with van der Waals surface area (Å²) in [6.07, 6.45) is 6.26. The average molecular weight is 751 g/mol. The van der Waals surface area contributed by atoms with E-state index in [1.807, 2.05) is 6.07 Å². The van der Waals surface area contributed by atoms with E-state index >= 15 is 0 Å². The summed E-state index contributed by atoms with van der Waals surface area (Å²) in [5.74, 6) is 2.58. The van der Waals surface area contributed by atoms with Crippen LogP contribution in [0.15, 0.2) is 182 Å². The van der Waals surface area contributed by atoms with Gasteiger partial charge < -0.3 is 4.90 Å². The Morgan fingerprint density at radius 3 is 1.60 bits per heavy atom. The number of hydrogen-bond acceptors (Lipinski definition) is 1. The summed E-state index contributed by atoms with van der Waals surface area (Å²) >= 11 is 0. The van der Waals surface area contributed by atoms with Gasteiger partial charge in [-0.15, -0.1) is 0 Å². The number of nitrogens with zero attached hydrogens (tertiary/aromatic N) is 1. The van der Waals surface area contributed by atoms with Crippen LogP contribution >= 0.6 is 0 Å². The Balaban J connectivity index is 0.941. The molecule has 0 aromatic heterocycles. The number of hydrogen-bond donors (Lipinski definition) is 0. The van der Waals surface area contributed by atoms with Crippen molar-refractivity contribution < 1.29 is 6.85 Å². The third kappa shape index (κ3) is 5.29. The molecule has 0 atom stereocenters. The SMILES string of the molecule is [2H]c1c([2H])c([2H])c(-c2ccc3c(c2)C2(c4cc(-c5ccc6cc(N(c7ccc(C)cc7)c7ccc(-c8ccccc8)cc7)ccc6c5)ccc4-3)C3CC4CC(C3)CC2C4)c([2H])c1[2H]. The Labute approximate surface area is 349 Å². The van der Waals surface area contributed by atoms with Crippen LogP contribution in [0.5, 0.6) is 0 Å². The maximum Gasteiger partial charge on any atom is 0.0629 e. The van der Waals surface area contributed by atoms with Crippen LogP contribution in [0.2, 0.25) is 0 Å². The van der Waals surface area contributed by atoms with E-state index in [4.69, 9.17) is 6.85 Å². The summed E-state index contributed by atoms with van der Waals surface area (Å²) < 4.78 is 42.8. The van der Waals surface area contributed by atoms with E-state index in [9.17, 15) is 0 Å². The monoisotopic (exact) mass is 750 g/mol. The molecule has 0 amide bonds. The molecule has 0 radical (unpaired) electrons. The second-order valence-corrected chi connectivity index (χ2v) is 17.5. The average Bonchev–Trinajstić information content (AvgIpc) is 3.59. The van der Waals surface area contributed by atoms with E-state index in [0.29, 0.717) is 23.0 Å². The van der Waals surface area contributed by atoms with Gasteiger partial charge in [0.1, 0.15) is 0 Å². The van der Waals surface area contributed by atoms with Crippen LogP contribution in [-0.4, -0.2) is 0 Å². The summed E-state index contributed by atoms with van der Waals surface area (Å²) in [5.41, 5.74) is 15.4. The Hall–Kier alpha value is -6.18. The summed E-state index contributed by atoms with van der Waals surface area (Å²) in [6.45, 7) is 2.13. The normalized spacial score (nSPS) is 23.5. The molecule has 8 aromatic rings. The molecule has 0 saturated heterocycles. The molecule has 1 nitrogen and oxygen atoms in total. The van der Waals surface area contributed by atoms with Crippen LogP contribution in [0.4, 0.5) is 17.1 Å². The Kier molecular flexibility index (Phi) is 6.61. The van der Waals surface area contributed by atoms with Gasteiger partial charge in [-0.3, -0.25) is 0 Å². The second kappa shape index (κ2) is 13.2. The smallest absolute Gasteiger partial charge is 0.0629 e. The van der Waals surface area contributed by atoms with Gasteiger partial charge in [0.15, 0.2) is 0 Å². The molecule has 280 valence electrons. The molecule has 58 heavy (non-hydrogen) atoms.